The van der Waals surface area contributed by atoms with Crippen LogP contribution in [0.3, 0.4) is 0 Å². The zero-order valence-corrected chi connectivity index (χ0v) is 21.9. The van der Waals surface area contributed by atoms with E-state index in [0.717, 1.165) is 37.2 Å². The number of ketones is 1. The number of rotatable bonds is 4. The largest absolute Gasteiger partial charge is 0.726 e. The predicted molar refractivity (Wildman–Crippen MR) is 121 cm³/mol. The molecule has 2 rings (SSSR count). The average Bonchev–Trinajstić information content (AvgIpc) is 2.61. The van der Waals surface area contributed by atoms with Crippen LogP contribution in [0.5, 0.6) is 11.5 Å². The Labute approximate surface area is 207 Å². The molecular formula is C14H29N3O16S3. The van der Waals surface area contributed by atoms with E-state index in [1.54, 1.807) is 31.4 Å². The zero-order chi connectivity index (χ0) is 26.5. The van der Waals surface area contributed by atoms with E-state index in [0.29, 0.717) is 0 Å². The van der Waals surface area contributed by atoms with Crippen LogP contribution in [0.1, 0.15) is 0 Å². The molecule has 0 bridgehead atoms. The molecule has 214 valence electrons. The van der Waals surface area contributed by atoms with Crippen LogP contribution in [0, 0.1) is 0 Å². The summed E-state index contributed by atoms with van der Waals surface area (Å²) < 4.78 is 110. The molecule has 0 spiro atoms. The predicted octanol–water partition coefficient (Wildman–Crippen LogP) is 0.0396. The normalized spacial score (nSPS) is 13.2. The van der Waals surface area contributed by atoms with Crippen molar-refractivity contribution in [3.05, 3.63) is 48.6 Å². The fourth-order valence-corrected chi connectivity index (χ4v) is 1.97. The number of carbonyl (C=O) groups is 1. The molecule has 36 heavy (non-hydrogen) atoms. The van der Waals surface area contributed by atoms with Gasteiger partial charge in [0, 0.05) is 7.11 Å². The van der Waals surface area contributed by atoms with E-state index in [9.17, 15) is 17.8 Å². The summed E-state index contributed by atoms with van der Waals surface area (Å²) in [5.74, 6) is -1.12. The monoisotopic (exact) mass is 591 g/mol. The molecule has 15 N–H and O–H groups in total. The van der Waals surface area contributed by atoms with Crippen LogP contribution >= 0.6 is 0 Å². The number of hydrogen-bond donors (Lipinski definition) is 6. The summed E-state index contributed by atoms with van der Waals surface area (Å²) in [5, 5.41) is 8.80. The summed E-state index contributed by atoms with van der Waals surface area (Å²) in [6.07, 6.45) is 4.19. The second kappa shape index (κ2) is 18.7. The number of phenols is 1. The molecule has 0 aliphatic heterocycles. The maximum atomic E-state index is 10.7. The van der Waals surface area contributed by atoms with Gasteiger partial charge in [0.1, 0.15) is 11.5 Å². The van der Waals surface area contributed by atoms with Crippen molar-refractivity contribution in [2.75, 3.05) is 14.2 Å². The third-order valence-electron chi connectivity index (χ3n) is 2.58. The Morgan fingerprint density at radius 2 is 1.11 bits per heavy atom. The van der Waals surface area contributed by atoms with E-state index in [1.165, 1.54) is 0 Å². The summed E-state index contributed by atoms with van der Waals surface area (Å²) in [6.45, 7) is 0. The number of methoxy groups -OCH3 is 2. The van der Waals surface area contributed by atoms with Gasteiger partial charge in [-0.15, -0.1) is 0 Å². The molecule has 19 nitrogen and oxygen atoms in total. The maximum absolute atomic E-state index is 10.7. The quantitative estimate of drug-likeness (QED) is 0.153. The molecule has 0 unspecified atom stereocenters. The highest BCUT2D eigenvalue weighted by Gasteiger charge is 2.30. The van der Waals surface area contributed by atoms with Gasteiger partial charge < -0.3 is 46.7 Å². The molecule has 1 aromatic carbocycles. The fourth-order valence-electron chi connectivity index (χ4n) is 1.48. The van der Waals surface area contributed by atoms with Crippen LogP contribution in [-0.4, -0.2) is 78.9 Å². The first-order valence-electron chi connectivity index (χ1n) is 7.53. The van der Waals surface area contributed by atoms with Crippen molar-refractivity contribution in [1.29, 1.82) is 0 Å². The molecule has 22 heteroatoms. The van der Waals surface area contributed by atoms with Gasteiger partial charge in [-0.2, -0.15) is 0 Å². The first-order chi connectivity index (χ1) is 14.7. The first-order valence-corrected chi connectivity index (χ1v) is 11.6. The molecule has 0 fully saturated rings. The van der Waals surface area contributed by atoms with Crippen molar-refractivity contribution in [3.63, 3.8) is 0 Å². The smallest absolute Gasteiger partial charge is 0.225 e. The summed E-state index contributed by atoms with van der Waals surface area (Å²) in [7, 11) is -12.0. The molecule has 0 radical (unpaired) electrons. The minimum Gasteiger partial charge on any atom is -0.726 e. The lowest BCUT2D eigenvalue weighted by Crippen LogP contribution is -2.34. The van der Waals surface area contributed by atoms with Crippen molar-refractivity contribution in [3.8, 4) is 11.5 Å². The van der Waals surface area contributed by atoms with E-state index in [1.807, 2.05) is 0 Å². The van der Waals surface area contributed by atoms with Crippen LogP contribution < -0.4 is 23.2 Å². The average molecular weight is 592 g/mol. The van der Waals surface area contributed by atoms with Gasteiger partial charge in [0.05, 0.1) is 7.11 Å². The van der Waals surface area contributed by atoms with E-state index >= 15 is 0 Å². The lowest BCUT2D eigenvalue weighted by atomic mass is 10.1. The van der Waals surface area contributed by atoms with Gasteiger partial charge in [-0.05, 0) is 48.6 Å². The van der Waals surface area contributed by atoms with Crippen LogP contribution in [0.4, 0.5) is 0 Å². The Kier molecular flexibility index (Phi) is 22.5. The molecule has 0 atom stereocenters. The van der Waals surface area contributed by atoms with Crippen LogP contribution in [0.15, 0.2) is 48.6 Å². The van der Waals surface area contributed by atoms with Crippen molar-refractivity contribution < 1.29 is 71.6 Å². The summed E-state index contributed by atoms with van der Waals surface area (Å²) in [4.78, 5) is 10.7. The highest BCUT2D eigenvalue weighted by atomic mass is 32.3. The number of quaternary nitrogens is 3. The minimum absolute atomic E-state index is 0. The van der Waals surface area contributed by atoms with Gasteiger partial charge in [-0.3, -0.25) is 13.9 Å². The van der Waals surface area contributed by atoms with Crippen molar-refractivity contribution in [2.24, 2.45) is 0 Å². The topological polar surface area (TPSA) is 387 Å². The second-order valence-electron chi connectivity index (χ2n) is 5.04. The molecule has 1 aromatic rings. The molecule has 0 saturated heterocycles. The number of carbonyl (C=O) groups excluding carboxylic acids is 1. The Balaban J connectivity index is -0.000000127. The van der Waals surface area contributed by atoms with Crippen molar-refractivity contribution in [1.82, 2.24) is 18.5 Å². The van der Waals surface area contributed by atoms with Crippen LogP contribution in [0.2, 0.25) is 0 Å². The second-order valence-corrected chi connectivity index (χ2v) is 7.73. The standard InChI is InChI=1S/C7H8O6S.C7H8O2.3H3N.2H2O4S/c1-12-7(13-14(9,10)11)4-2-6(8)3-5-7;1-9-7-4-2-6(8)3-5-7;;;;2*1-5(2,3)4/h2-5H,1H3,(H,9,10,11);2-5,8H,1H3;3*1H3;2*(H2,1,2,3,4). The van der Waals surface area contributed by atoms with Gasteiger partial charge >= 0.3 is 0 Å². The maximum Gasteiger partial charge on any atom is 0.225 e. The highest BCUT2D eigenvalue weighted by molar-refractivity contribution is 7.81. The van der Waals surface area contributed by atoms with E-state index in [2.05, 4.69) is 8.92 Å². The third kappa shape index (κ3) is 31.4. The summed E-state index contributed by atoms with van der Waals surface area (Å²) in [6, 6.07) is 6.57. The molecule has 0 aromatic heterocycles. The van der Waals surface area contributed by atoms with Crippen molar-refractivity contribution in [2.45, 2.75) is 5.79 Å². The SMILES string of the molecule is COC1(OS(=O)(=O)[O-])C=CC(=O)C=C1.COc1ccc(O)cc1.O=S(=O)([O-])O.O=S(=O)([O-])O.[NH4+].[NH4+].[NH4+]. The molecular weight excluding hydrogens is 562 g/mol. The number of phenolic OH excluding ortho intramolecular Hbond substituents is 1. The lowest BCUT2D eigenvalue weighted by Gasteiger charge is -2.27. The number of hydrogen-bond acceptors (Lipinski definition) is 14. The molecule has 0 amide bonds. The Morgan fingerprint density at radius 1 is 0.778 bits per heavy atom. The Morgan fingerprint density at radius 3 is 1.36 bits per heavy atom. The number of allylic oxidation sites excluding steroid dienone is 2. The summed E-state index contributed by atoms with van der Waals surface area (Å²) >= 11 is 0. The molecule has 0 heterocycles. The van der Waals surface area contributed by atoms with Gasteiger partial charge in [0.15, 0.2) is 5.78 Å². The summed E-state index contributed by atoms with van der Waals surface area (Å²) in [5.41, 5.74) is 0. The van der Waals surface area contributed by atoms with E-state index in [-0.39, 0.29) is 30.0 Å². The number of ether oxygens (including phenoxy) is 2. The Hall–Kier alpha value is -2.58. The minimum atomic E-state index is -4.92. The van der Waals surface area contributed by atoms with Gasteiger partial charge in [-0.25, -0.2) is 29.4 Å². The Bertz CT molecular complexity index is 1070. The van der Waals surface area contributed by atoms with Crippen molar-refractivity contribution >= 4 is 37.0 Å². The number of aromatic hydroxyl groups is 1. The fraction of sp³-hybridized carbons (Fsp3) is 0.214. The molecule has 1 aliphatic rings. The number of benzene rings is 1. The van der Waals surface area contributed by atoms with Gasteiger partial charge in [-0.1, -0.05) is 0 Å². The lowest BCUT2D eigenvalue weighted by molar-refractivity contribution is -0.113. The first kappa shape index (κ1) is 43.5. The van der Waals surface area contributed by atoms with Gasteiger partial charge in [0.2, 0.25) is 37.0 Å². The third-order valence-corrected chi connectivity index (χ3v) is 3.05. The van der Waals surface area contributed by atoms with Gasteiger partial charge in [0.25, 0.3) is 0 Å². The highest BCUT2D eigenvalue weighted by Crippen LogP contribution is 2.21. The molecule has 0 saturated carbocycles. The van der Waals surface area contributed by atoms with E-state index < -0.39 is 37.0 Å². The van der Waals surface area contributed by atoms with Crippen LogP contribution in [0.25, 0.3) is 0 Å². The van der Waals surface area contributed by atoms with E-state index in [4.69, 9.17) is 44.9 Å². The zero-order valence-electron chi connectivity index (χ0n) is 19.5. The molecule has 1 aliphatic carbocycles. The van der Waals surface area contributed by atoms with Crippen LogP contribution in [-0.2, 0) is 44.9 Å².